The Morgan fingerprint density at radius 2 is 2.24 bits per heavy atom. The number of anilines is 1. The Morgan fingerprint density at radius 3 is 2.90 bits per heavy atom. The molecule has 3 rings (SSSR count). The lowest BCUT2D eigenvalue weighted by atomic mass is 9.94. The van der Waals surface area contributed by atoms with Crippen molar-refractivity contribution < 1.29 is 14.6 Å². The van der Waals surface area contributed by atoms with Crippen molar-refractivity contribution in [2.75, 3.05) is 11.9 Å². The summed E-state index contributed by atoms with van der Waals surface area (Å²) in [5.41, 5.74) is 0.707. The summed E-state index contributed by atoms with van der Waals surface area (Å²) in [6, 6.07) is 8.87. The first kappa shape index (κ1) is 13.8. The molecule has 2 aromatic rings. The standard InChI is InChI=1S/C16H18N2O3/c1-10-16(2,7-8-21-10)18-14-9-12(15(19)20)11-5-3-4-6-13(11)17-14/h3-6,9-10H,7-8H2,1-2H3,(H,17,18)(H,19,20). The molecule has 2 unspecified atom stereocenters. The first-order valence-corrected chi connectivity index (χ1v) is 7.02. The van der Waals surface area contributed by atoms with E-state index in [-0.39, 0.29) is 17.2 Å². The highest BCUT2D eigenvalue weighted by molar-refractivity contribution is 6.03. The Kier molecular flexibility index (Phi) is 3.29. The fraction of sp³-hybridized carbons (Fsp3) is 0.375. The van der Waals surface area contributed by atoms with Crippen molar-refractivity contribution in [2.24, 2.45) is 0 Å². The molecule has 1 aliphatic rings. The Morgan fingerprint density at radius 1 is 1.48 bits per heavy atom. The number of aromatic nitrogens is 1. The molecular formula is C16H18N2O3. The van der Waals surface area contributed by atoms with Crippen LogP contribution in [0.25, 0.3) is 10.9 Å². The summed E-state index contributed by atoms with van der Waals surface area (Å²) < 4.78 is 5.60. The van der Waals surface area contributed by atoms with E-state index in [1.807, 2.05) is 25.1 Å². The minimum atomic E-state index is -0.947. The lowest BCUT2D eigenvalue weighted by molar-refractivity contribution is 0.0699. The number of carbonyl (C=O) groups is 1. The number of fused-ring (bicyclic) bond motifs is 1. The molecule has 1 saturated heterocycles. The van der Waals surface area contributed by atoms with Gasteiger partial charge in [-0.2, -0.15) is 0 Å². The second-order valence-electron chi connectivity index (χ2n) is 5.68. The first-order chi connectivity index (χ1) is 9.99. The number of nitrogens with one attached hydrogen (secondary N) is 1. The molecule has 2 atom stereocenters. The normalized spacial score (nSPS) is 25.1. The maximum absolute atomic E-state index is 11.5. The quantitative estimate of drug-likeness (QED) is 0.907. The number of carboxylic acids is 1. The topological polar surface area (TPSA) is 71.5 Å². The third kappa shape index (κ3) is 2.45. The lowest BCUT2D eigenvalue weighted by Crippen LogP contribution is -2.41. The minimum absolute atomic E-state index is 0.0547. The van der Waals surface area contributed by atoms with Crippen LogP contribution in [0.3, 0.4) is 0 Å². The van der Waals surface area contributed by atoms with E-state index in [1.54, 1.807) is 12.1 Å². The second kappa shape index (κ2) is 5.00. The molecule has 5 nitrogen and oxygen atoms in total. The van der Waals surface area contributed by atoms with Crippen molar-refractivity contribution >= 4 is 22.7 Å². The number of carboxylic acid groups (broad SMARTS) is 1. The lowest BCUT2D eigenvalue weighted by Gasteiger charge is -2.29. The maximum atomic E-state index is 11.5. The predicted molar refractivity (Wildman–Crippen MR) is 80.8 cm³/mol. The summed E-state index contributed by atoms with van der Waals surface area (Å²) in [4.78, 5) is 16.0. The fourth-order valence-corrected chi connectivity index (χ4v) is 2.71. The van der Waals surface area contributed by atoms with Gasteiger partial charge in [-0.3, -0.25) is 0 Å². The van der Waals surface area contributed by atoms with E-state index in [1.165, 1.54) is 0 Å². The molecule has 0 amide bonds. The summed E-state index contributed by atoms with van der Waals surface area (Å²) in [6.45, 7) is 4.78. The van der Waals surface area contributed by atoms with E-state index in [2.05, 4.69) is 17.2 Å². The summed E-state index contributed by atoms with van der Waals surface area (Å²) in [6.07, 6.45) is 0.921. The number of hydrogen-bond acceptors (Lipinski definition) is 4. The van der Waals surface area contributed by atoms with E-state index >= 15 is 0 Å². The highest BCUT2D eigenvalue weighted by Crippen LogP contribution is 2.30. The van der Waals surface area contributed by atoms with Crippen LogP contribution in [0, 0.1) is 0 Å². The van der Waals surface area contributed by atoms with Crippen molar-refractivity contribution in [2.45, 2.75) is 31.9 Å². The van der Waals surface area contributed by atoms with Crippen molar-refractivity contribution in [1.29, 1.82) is 0 Å². The van der Waals surface area contributed by atoms with Crippen LogP contribution < -0.4 is 5.32 Å². The van der Waals surface area contributed by atoms with E-state index in [9.17, 15) is 9.90 Å². The Hall–Kier alpha value is -2.14. The molecule has 2 N–H and O–H groups in total. The van der Waals surface area contributed by atoms with Gasteiger partial charge in [0.2, 0.25) is 0 Å². The van der Waals surface area contributed by atoms with E-state index in [0.717, 1.165) is 6.42 Å². The number of para-hydroxylation sites is 1. The summed E-state index contributed by atoms with van der Waals surface area (Å²) in [7, 11) is 0. The molecular weight excluding hydrogens is 268 g/mol. The van der Waals surface area contributed by atoms with Gasteiger partial charge in [-0.15, -0.1) is 0 Å². The molecule has 110 valence electrons. The second-order valence-corrected chi connectivity index (χ2v) is 5.68. The van der Waals surface area contributed by atoms with Crippen molar-refractivity contribution in [3.8, 4) is 0 Å². The predicted octanol–water partition coefficient (Wildman–Crippen LogP) is 2.91. The highest BCUT2D eigenvalue weighted by atomic mass is 16.5. The zero-order valence-corrected chi connectivity index (χ0v) is 12.1. The van der Waals surface area contributed by atoms with E-state index < -0.39 is 5.97 Å². The molecule has 0 saturated carbocycles. The van der Waals surface area contributed by atoms with Crippen molar-refractivity contribution in [1.82, 2.24) is 4.98 Å². The number of ether oxygens (including phenoxy) is 1. The summed E-state index contributed by atoms with van der Waals surface area (Å²) in [5.74, 6) is -0.372. The molecule has 0 radical (unpaired) electrons. The molecule has 1 aliphatic heterocycles. The summed E-state index contributed by atoms with van der Waals surface area (Å²) in [5, 5.41) is 13.4. The Balaban J connectivity index is 2.05. The number of hydrogen-bond donors (Lipinski definition) is 2. The molecule has 2 heterocycles. The van der Waals surface area contributed by atoms with Gasteiger partial charge in [0.15, 0.2) is 0 Å². The van der Waals surface area contributed by atoms with Crippen LogP contribution in [0.15, 0.2) is 30.3 Å². The first-order valence-electron chi connectivity index (χ1n) is 7.02. The third-order valence-electron chi connectivity index (χ3n) is 4.25. The molecule has 0 aliphatic carbocycles. The van der Waals surface area contributed by atoms with Crippen LogP contribution in [-0.4, -0.2) is 34.3 Å². The molecule has 0 bridgehead atoms. The highest BCUT2D eigenvalue weighted by Gasteiger charge is 2.37. The van der Waals surface area contributed by atoms with Crippen molar-refractivity contribution in [3.63, 3.8) is 0 Å². The van der Waals surface area contributed by atoms with Gasteiger partial charge in [-0.1, -0.05) is 18.2 Å². The van der Waals surface area contributed by atoms with Gasteiger partial charge in [0.25, 0.3) is 0 Å². The van der Waals surface area contributed by atoms with Gasteiger partial charge in [0.1, 0.15) is 5.82 Å². The maximum Gasteiger partial charge on any atom is 0.336 e. The minimum Gasteiger partial charge on any atom is -0.478 e. The van der Waals surface area contributed by atoms with Gasteiger partial charge in [0, 0.05) is 12.0 Å². The number of pyridine rings is 1. The SMILES string of the molecule is CC1OCCC1(C)Nc1cc(C(=O)O)c2ccccc2n1. The van der Waals surface area contributed by atoms with Crippen LogP contribution in [0.4, 0.5) is 5.82 Å². The van der Waals surface area contributed by atoms with Gasteiger partial charge < -0.3 is 15.2 Å². The molecule has 21 heavy (non-hydrogen) atoms. The smallest absolute Gasteiger partial charge is 0.336 e. The molecule has 1 aromatic carbocycles. The van der Waals surface area contributed by atoms with E-state index in [4.69, 9.17) is 4.74 Å². The van der Waals surface area contributed by atoms with Gasteiger partial charge in [0.05, 0.1) is 22.7 Å². The van der Waals surface area contributed by atoms with Crippen molar-refractivity contribution in [3.05, 3.63) is 35.9 Å². The average Bonchev–Trinajstić information content (AvgIpc) is 2.77. The molecule has 0 spiro atoms. The number of aromatic carboxylic acids is 1. The van der Waals surface area contributed by atoms with Crippen LogP contribution in [0.1, 0.15) is 30.6 Å². The molecule has 1 aromatic heterocycles. The van der Waals surface area contributed by atoms with Gasteiger partial charge >= 0.3 is 5.97 Å². The van der Waals surface area contributed by atoms with Crippen LogP contribution in [0.5, 0.6) is 0 Å². The Labute approximate surface area is 123 Å². The Bertz CT molecular complexity index is 701. The average molecular weight is 286 g/mol. The van der Waals surface area contributed by atoms with Crippen LogP contribution >= 0.6 is 0 Å². The molecule has 5 heteroatoms. The zero-order chi connectivity index (χ0) is 15.0. The molecule has 1 fully saturated rings. The summed E-state index contributed by atoms with van der Waals surface area (Å²) >= 11 is 0. The monoisotopic (exact) mass is 286 g/mol. The third-order valence-corrected chi connectivity index (χ3v) is 4.25. The fourth-order valence-electron chi connectivity index (χ4n) is 2.71. The number of rotatable bonds is 3. The number of benzene rings is 1. The van der Waals surface area contributed by atoms with Gasteiger partial charge in [-0.05, 0) is 32.4 Å². The van der Waals surface area contributed by atoms with Crippen LogP contribution in [0.2, 0.25) is 0 Å². The number of nitrogens with zero attached hydrogens (tertiary/aromatic N) is 1. The largest absolute Gasteiger partial charge is 0.478 e. The van der Waals surface area contributed by atoms with Crippen LogP contribution in [-0.2, 0) is 4.74 Å². The zero-order valence-electron chi connectivity index (χ0n) is 12.1. The van der Waals surface area contributed by atoms with Gasteiger partial charge in [-0.25, -0.2) is 9.78 Å². The van der Waals surface area contributed by atoms with E-state index in [0.29, 0.717) is 23.3 Å².